The van der Waals surface area contributed by atoms with E-state index in [-0.39, 0.29) is 11.6 Å². The molecule has 5 aromatic carbocycles. The topological polar surface area (TPSA) is 96.5 Å². The van der Waals surface area contributed by atoms with Crippen LogP contribution in [-0.2, 0) is 9.59 Å². The van der Waals surface area contributed by atoms with Crippen molar-refractivity contribution >= 4 is 58.5 Å². The summed E-state index contributed by atoms with van der Waals surface area (Å²) in [6.07, 6.45) is 1.59. The number of thioether (sulfide) groups is 1. The van der Waals surface area contributed by atoms with E-state index in [1.54, 1.807) is 84.9 Å². The van der Waals surface area contributed by atoms with E-state index < -0.39 is 17.1 Å². The van der Waals surface area contributed by atoms with Gasteiger partial charge in [0.25, 0.3) is 11.8 Å². The molecule has 236 valence electrons. The molecule has 9 heteroatoms. The summed E-state index contributed by atoms with van der Waals surface area (Å²) in [5.74, 6) is -0.408. The van der Waals surface area contributed by atoms with E-state index in [0.717, 1.165) is 16.2 Å². The lowest BCUT2D eigenvalue weighted by Gasteiger charge is -2.18. The summed E-state index contributed by atoms with van der Waals surface area (Å²) in [7, 11) is 0. The number of benzene rings is 5. The largest absolute Gasteiger partial charge is 0.494 e. The number of amides is 3. The second-order valence-electron chi connectivity index (χ2n) is 10.3. The maximum atomic E-state index is 13.6. The molecule has 7 nitrogen and oxygen atoms in total. The van der Waals surface area contributed by atoms with Crippen molar-refractivity contribution in [2.75, 3.05) is 17.2 Å². The van der Waals surface area contributed by atoms with Crippen molar-refractivity contribution in [1.29, 1.82) is 0 Å². The summed E-state index contributed by atoms with van der Waals surface area (Å²) in [5.41, 5.74) is 3.12. The minimum Gasteiger partial charge on any atom is -0.494 e. The molecule has 47 heavy (non-hydrogen) atoms. The number of rotatable bonds is 12. The van der Waals surface area contributed by atoms with Crippen LogP contribution in [0, 0.1) is 0 Å². The van der Waals surface area contributed by atoms with E-state index in [9.17, 15) is 14.4 Å². The van der Waals surface area contributed by atoms with E-state index in [2.05, 4.69) is 16.0 Å². The van der Waals surface area contributed by atoms with Crippen molar-refractivity contribution < 1.29 is 19.1 Å². The number of halogens is 1. The summed E-state index contributed by atoms with van der Waals surface area (Å²) in [5, 5.41) is 8.62. The van der Waals surface area contributed by atoms with Gasteiger partial charge in [0.2, 0.25) is 5.91 Å². The molecule has 1 unspecified atom stereocenters. The molecule has 0 aliphatic heterocycles. The second kappa shape index (κ2) is 16.3. The molecular formula is C38H32ClN3O4S. The minimum atomic E-state index is -0.584. The van der Waals surface area contributed by atoms with Gasteiger partial charge < -0.3 is 20.7 Å². The van der Waals surface area contributed by atoms with Crippen LogP contribution in [0.3, 0.4) is 0 Å². The molecule has 3 amide bonds. The lowest BCUT2D eigenvalue weighted by molar-refractivity contribution is -0.116. The normalized spacial score (nSPS) is 11.7. The first-order valence-electron chi connectivity index (χ1n) is 14.9. The fourth-order valence-corrected chi connectivity index (χ4v) is 5.77. The zero-order valence-corrected chi connectivity index (χ0v) is 27.1. The summed E-state index contributed by atoms with van der Waals surface area (Å²) in [4.78, 5) is 41.0. The Kier molecular flexibility index (Phi) is 11.5. The van der Waals surface area contributed by atoms with E-state index in [4.69, 9.17) is 16.3 Å². The maximum absolute atomic E-state index is 13.6. The molecule has 1 atom stereocenters. The van der Waals surface area contributed by atoms with Gasteiger partial charge in [0.15, 0.2) is 0 Å². The van der Waals surface area contributed by atoms with Gasteiger partial charge in [-0.1, -0.05) is 78.3 Å². The number of hydrogen-bond acceptors (Lipinski definition) is 5. The van der Waals surface area contributed by atoms with Crippen LogP contribution in [-0.4, -0.2) is 24.3 Å². The van der Waals surface area contributed by atoms with Gasteiger partial charge in [0, 0.05) is 26.9 Å². The smallest absolute Gasteiger partial charge is 0.272 e. The Morgan fingerprint density at radius 2 is 1.45 bits per heavy atom. The van der Waals surface area contributed by atoms with Gasteiger partial charge >= 0.3 is 0 Å². The van der Waals surface area contributed by atoms with Gasteiger partial charge in [-0.25, -0.2) is 0 Å². The first-order valence-corrected chi connectivity index (χ1v) is 16.1. The van der Waals surface area contributed by atoms with Gasteiger partial charge in [-0.15, -0.1) is 11.8 Å². The molecule has 0 aliphatic carbocycles. The third-order valence-corrected chi connectivity index (χ3v) is 8.33. The van der Waals surface area contributed by atoms with Crippen LogP contribution in [0.25, 0.3) is 6.08 Å². The minimum absolute atomic E-state index is 0.0520. The Morgan fingerprint density at radius 3 is 2.13 bits per heavy atom. The van der Waals surface area contributed by atoms with Crippen molar-refractivity contribution in [3.63, 3.8) is 0 Å². The van der Waals surface area contributed by atoms with Crippen molar-refractivity contribution in [1.82, 2.24) is 5.32 Å². The predicted molar refractivity (Wildman–Crippen MR) is 190 cm³/mol. The van der Waals surface area contributed by atoms with Crippen LogP contribution in [0.5, 0.6) is 5.75 Å². The Labute approximate surface area is 283 Å². The van der Waals surface area contributed by atoms with Crippen LogP contribution >= 0.6 is 23.4 Å². The molecule has 5 aromatic rings. The highest BCUT2D eigenvalue weighted by Gasteiger charge is 2.23. The fourth-order valence-electron chi connectivity index (χ4n) is 4.56. The summed E-state index contributed by atoms with van der Waals surface area (Å²) in [6, 6.07) is 39.5. The Bertz CT molecular complexity index is 1850. The Morgan fingerprint density at radius 1 is 0.766 bits per heavy atom. The predicted octanol–water partition coefficient (Wildman–Crippen LogP) is 8.62. The van der Waals surface area contributed by atoms with E-state index in [1.807, 2.05) is 61.5 Å². The monoisotopic (exact) mass is 661 g/mol. The van der Waals surface area contributed by atoms with Gasteiger partial charge in [0.05, 0.1) is 6.61 Å². The molecule has 0 saturated carbocycles. The molecule has 0 fully saturated rings. The maximum Gasteiger partial charge on any atom is 0.272 e. The van der Waals surface area contributed by atoms with E-state index in [0.29, 0.717) is 34.1 Å². The van der Waals surface area contributed by atoms with Crippen molar-refractivity contribution in [2.45, 2.75) is 17.1 Å². The third kappa shape index (κ3) is 9.59. The summed E-state index contributed by atoms with van der Waals surface area (Å²) < 4.78 is 5.51. The van der Waals surface area contributed by atoms with Crippen molar-refractivity contribution in [3.8, 4) is 5.75 Å². The number of ether oxygens (including phenoxy) is 1. The standard InChI is InChI=1S/C38H32ClN3O4S/c1-2-46-32-22-20-30(21-23-32)40-38(45)35(27-10-5-3-6-11-27)47-33-15-9-14-31(25-33)41-37(44)34(24-26-16-18-29(39)19-17-26)42-36(43)28-12-7-4-8-13-28/h3-25,35H,2H2,1H3,(H,40,45)(H,41,44)(H,42,43)/b34-24-. The van der Waals surface area contributed by atoms with Crippen LogP contribution in [0.1, 0.15) is 33.7 Å². The van der Waals surface area contributed by atoms with Gasteiger partial charge in [0.1, 0.15) is 16.7 Å². The molecule has 0 saturated heterocycles. The molecule has 3 N–H and O–H groups in total. The average Bonchev–Trinajstić information content (AvgIpc) is 3.09. The first kappa shape index (κ1) is 33.1. The number of carbonyl (C=O) groups excluding carboxylic acids is 3. The molecule has 5 rings (SSSR count). The highest BCUT2D eigenvalue weighted by atomic mass is 35.5. The SMILES string of the molecule is CCOc1ccc(NC(=O)C(Sc2cccc(NC(=O)/C(=C/c3ccc(Cl)cc3)NC(=O)c3ccccc3)c2)c2ccccc2)cc1. The van der Waals surface area contributed by atoms with Crippen LogP contribution in [0.4, 0.5) is 11.4 Å². The van der Waals surface area contributed by atoms with Crippen molar-refractivity contribution in [2.24, 2.45) is 0 Å². The molecular weight excluding hydrogens is 630 g/mol. The number of hydrogen-bond donors (Lipinski definition) is 3. The van der Waals surface area contributed by atoms with Gasteiger partial charge in [-0.2, -0.15) is 0 Å². The zero-order valence-electron chi connectivity index (χ0n) is 25.5. The van der Waals surface area contributed by atoms with Crippen LogP contribution in [0.2, 0.25) is 5.02 Å². The average molecular weight is 662 g/mol. The lowest BCUT2D eigenvalue weighted by Crippen LogP contribution is -2.30. The first-order chi connectivity index (χ1) is 22.9. The van der Waals surface area contributed by atoms with Gasteiger partial charge in [-0.3, -0.25) is 14.4 Å². The summed E-state index contributed by atoms with van der Waals surface area (Å²) in [6.45, 7) is 2.47. The van der Waals surface area contributed by atoms with E-state index in [1.165, 1.54) is 11.8 Å². The summed E-state index contributed by atoms with van der Waals surface area (Å²) >= 11 is 7.40. The molecule has 0 aromatic heterocycles. The third-order valence-electron chi connectivity index (χ3n) is 6.83. The zero-order chi connectivity index (χ0) is 33.0. The van der Waals surface area contributed by atoms with Crippen LogP contribution < -0.4 is 20.7 Å². The van der Waals surface area contributed by atoms with Crippen LogP contribution in [0.15, 0.2) is 144 Å². The highest BCUT2D eigenvalue weighted by molar-refractivity contribution is 8.00. The molecule has 0 heterocycles. The van der Waals surface area contributed by atoms with Gasteiger partial charge in [-0.05, 0) is 90.9 Å². The van der Waals surface area contributed by atoms with Crippen molar-refractivity contribution in [3.05, 3.63) is 161 Å². The molecule has 0 aliphatic rings. The Balaban J connectivity index is 1.35. The highest BCUT2D eigenvalue weighted by Crippen LogP contribution is 2.37. The lowest BCUT2D eigenvalue weighted by atomic mass is 10.1. The molecule has 0 radical (unpaired) electrons. The number of nitrogens with one attached hydrogen (secondary N) is 3. The fraction of sp³-hybridized carbons (Fsp3) is 0.0789. The van der Waals surface area contributed by atoms with E-state index >= 15 is 0 Å². The quantitative estimate of drug-likeness (QED) is 0.0919. The Hall–Kier alpha value is -5.31. The number of anilines is 2. The second-order valence-corrected chi connectivity index (χ2v) is 11.9. The number of carbonyl (C=O) groups is 3. The molecule has 0 spiro atoms. The molecule has 0 bridgehead atoms.